The smallest absolute Gasteiger partial charge is 0.345 e. The van der Waals surface area contributed by atoms with Gasteiger partial charge in [-0.15, -0.1) is 0 Å². The number of para-hydroxylation sites is 2. The number of methoxy groups -OCH3 is 1. The fraction of sp³-hybridized carbons (Fsp3) is 0.125. The van der Waals surface area contributed by atoms with Crippen molar-refractivity contribution in [2.75, 3.05) is 7.11 Å². The van der Waals surface area contributed by atoms with Crippen LogP contribution in [0, 0.1) is 10.1 Å². The number of nitro groups is 1. The van der Waals surface area contributed by atoms with E-state index in [1.807, 2.05) is 0 Å². The molecule has 0 fully saturated rings. The SMILES string of the molecule is COc1cc(/C=N/NC(=O)C(C)Oc2ccccc2[N+](=O)[O-])ccc1OC(=O)c1ccccc1Cl. The molecule has 180 valence electrons. The van der Waals surface area contributed by atoms with Gasteiger partial charge in [-0.3, -0.25) is 14.9 Å². The molecule has 35 heavy (non-hydrogen) atoms. The molecular weight excluding hydrogens is 478 g/mol. The van der Waals surface area contributed by atoms with Crippen LogP contribution in [0.4, 0.5) is 5.69 Å². The molecule has 0 aliphatic rings. The molecule has 1 unspecified atom stereocenters. The molecule has 3 aromatic carbocycles. The zero-order valence-corrected chi connectivity index (χ0v) is 19.4. The Morgan fingerprint density at radius 1 is 1.06 bits per heavy atom. The first-order valence-electron chi connectivity index (χ1n) is 10.2. The van der Waals surface area contributed by atoms with Gasteiger partial charge in [-0.25, -0.2) is 10.2 Å². The van der Waals surface area contributed by atoms with Crippen molar-refractivity contribution in [1.29, 1.82) is 0 Å². The van der Waals surface area contributed by atoms with Gasteiger partial charge in [0.05, 0.1) is 28.8 Å². The molecule has 0 spiro atoms. The molecule has 11 heteroatoms. The predicted octanol–water partition coefficient (Wildman–Crippen LogP) is 4.39. The summed E-state index contributed by atoms with van der Waals surface area (Å²) in [6.45, 7) is 1.44. The van der Waals surface area contributed by atoms with Gasteiger partial charge in [0.1, 0.15) is 0 Å². The lowest BCUT2D eigenvalue weighted by Crippen LogP contribution is -2.33. The van der Waals surface area contributed by atoms with Crippen LogP contribution in [0.2, 0.25) is 5.02 Å². The molecule has 0 bridgehead atoms. The first kappa shape index (κ1) is 25.2. The second-order valence-corrected chi connectivity index (χ2v) is 7.41. The number of halogens is 1. The third-order valence-corrected chi connectivity index (χ3v) is 4.94. The minimum Gasteiger partial charge on any atom is -0.493 e. The number of hydrogen-bond acceptors (Lipinski definition) is 8. The standard InChI is InChI=1S/C24H20ClN3O7/c1-15(34-20-10-6-5-9-19(20)28(31)32)23(29)27-26-14-16-11-12-21(22(13-16)33-2)35-24(30)17-7-3-4-8-18(17)25/h3-15H,1-2H3,(H,27,29)/b26-14+. The van der Waals surface area contributed by atoms with Crippen molar-refractivity contribution in [3.8, 4) is 17.2 Å². The number of carbonyl (C=O) groups is 2. The number of amides is 1. The quantitative estimate of drug-likeness (QED) is 0.152. The van der Waals surface area contributed by atoms with Crippen LogP contribution in [-0.4, -0.2) is 36.2 Å². The lowest BCUT2D eigenvalue weighted by atomic mass is 10.2. The Kier molecular flexibility index (Phi) is 8.36. The van der Waals surface area contributed by atoms with E-state index >= 15 is 0 Å². The third kappa shape index (κ3) is 6.55. The highest BCUT2D eigenvalue weighted by molar-refractivity contribution is 6.33. The number of rotatable bonds is 9. The predicted molar refractivity (Wildman–Crippen MR) is 128 cm³/mol. The third-order valence-electron chi connectivity index (χ3n) is 4.61. The topological polar surface area (TPSA) is 129 Å². The maximum Gasteiger partial charge on any atom is 0.345 e. The zero-order valence-electron chi connectivity index (χ0n) is 18.6. The van der Waals surface area contributed by atoms with Crippen LogP contribution < -0.4 is 19.6 Å². The minimum atomic E-state index is -1.05. The van der Waals surface area contributed by atoms with E-state index in [0.717, 1.165) is 0 Å². The van der Waals surface area contributed by atoms with E-state index in [0.29, 0.717) is 5.56 Å². The van der Waals surface area contributed by atoms with Crippen molar-refractivity contribution >= 4 is 35.4 Å². The number of ether oxygens (including phenoxy) is 3. The molecule has 1 N–H and O–H groups in total. The number of benzene rings is 3. The van der Waals surface area contributed by atoms with Crippen LogP contribution in [0.3, 0.4) is 0 Å². The Bertz CT molecular complexity index is 1280. The van der Waals surface area contributed by atoms with E-state index in [1.165, 1.54) is 44.5 Å². The number of nitrogens with zero attached hydrogens (tertiary/aromatic N) is 2. The molecule has 0 radical (unpaired) electrons. The molecule has 10 nitrogen and oxygen atoms in total. The summed E-state index contributed by atoms with van der Waals surface area (Å²) in [4.78, 5) is 35.2. The lowest BCUT2D eigenvalue weighted by Gasteiger charge is -2.13. The van der Waals surface area contributed by atoms with Gasteiger partial charge in [-0.05, 0) is 48.9 Å². The Morgan fingerprint density at radius 2 is 1.77 bits per heavy atom. The van der Waals surface area contributed by atoms with Gasteiger partial charge in [0.2, 0.25) is 0 Å². The molecule has 1 amide bonds. The van der Waals surface area contributed by atoms with Crippen molar-refractivity contribution in [3.05, 3.63) is 93.0 Å². The second-order valence-electron chi connectivity index (χ2n) is 7.00. The molecule has 3 aromatic rings. The molecule has 0 saturated heterocycles. The number of esters is 1. The largest absolute Gasteiger partial charge is 0.493 e. The summed E-state index contributed by atoms with van der Waals surface area (Å²) in [7, 11) is 1.41. The Morgan fingerprint density at radius 3 is 2.49 bits per heavy atom. The fourth-order valence-corrected chi connectivity index (χ4v) is 3.06. The van der Waals surface area contributed by atoms with Gasteiger partial charge in [0.25, 0.3) is 5.91 Å². The molecule has 0 saturated carbocycles. The van der Waals surface area contributed by atoms with Crippen LogP contribution in [0.5, 0.6) is 17.2 Å². The molecule has 0 aliphatic heterocycles. The number of nitrogens with one attached hydrogen (secondary N) is 1. The van der Waals surface area contributed by atoms with Crippen molar-refractivity contribution in [2.45, 2.75) is 13.0 Å². The molecule has 3 rings (SSSR count). The van der Waals surface area contributed by atoms with E-state index in [2.05, 4.69) is 10.5 Å². The van der Waals surface area contributed by atoms with Gasteiger partial charge in [0, 0.05) is 6.07 Å². The average Bonchev–Trinajstić information content (AvgIpc) is 2.85. The lowest BCUT2D eigenvalue weighted by molar-refractivity contribution is -0.386. The van der Waals surface area contributed by atoms with E-state index < -0.39 is 22.9 Å². The number of hydrogen-bond donors (Lipinski definition) is 1. The fourth-order valence-electron chi connectivity index (χ4n) is 2.84. The Labute approximate surface area is 205 Å². The second kappa shape index (κ2) is 11.6. The highest BCUT2D eigenvalue weighted by Crippen LogP contribution is 2.29. The summed E-state index contributed by atoms with van der Waals surface area (Å²) in [6, 6.07) is 16.9. The molecular formula is C24H20ClN3O7. The minimum absolute atomic E-state index is 0.0317. The van der Waals surface area contributed by atoms with Crippen LogP contribution in [0.25, 0.3) is 0 Å². The zero-order chi connectivity index (χ0) is 25.4. The van der Waals surface area contributed by atoms with Crippen molar-refractivity contribution in [2.24, 2.45) is 5.10 Å². The normalized spacial score (nSPS) is 11.5. The summed E-state index contributed by atoms with van der Waals surface area (Å²) in [5, 5.41) is 15.2. The van der Waals surface area contributed by atoms with Gasteiger partial charge in [-0.1, -0.05) is 35.9 Å². The monoisotopic (exact) mass is 497 g/mol. The molecule has 0 heterocycles. The summed E-state index contributed by atoms with van der Waals surface area (Å²) >= 11 is 6.03. The van der Waals surface area contributed by atoms with Gasteiger partial charge in [-0.2, -0.15) is 5.10 Å². The van der Waals surface area contributed by atoms with Crippen LogP contribution in [0.1, 0.15) is 22.8 Å². The molecule has 0 aliphatic carbocycles. The maximum absolute atomic E-state index is 12.4. The highest BCUT2D eigenvalue weighted by atomic mass is 35.5. The summed E-state index contributed by atoms with van der Waals surface area (Å²) in [6.07, 6.45) is 0.298. The van der Waals surface area contributed by atoms with Gasteiger partial charge in [0.15, 0.2) is 23.4 Å². The van der Waals surface area contributed by atoms with Crippen molar-refractivity contribution in [3.63, 3.8) is 0 Å². The first-order valence-corrected chi connectivity index (χ1v) is 10.6. The van der Waals surface area contributed by atoms with Crippen LogP contribution in [-0.2, 0) is 4.79 Å². The highest BCUT2D eigenvalue weighted by Gasteiger charge is 2.20. The van der Waals surface area contributed by atoms with E-state index in [4.69, 9.17) is 25.8 Å². The van der Waals surface area contributed by atoms with Crippen molar-refractivity contribution < 1.29 is 28.7 Å². The summed E-state index contributed by atoms with van der Waals surface area (Å²) < 4.78 is 16.1. The molecule has 0 aromatic heterocycles. The molecule has 1 atom stereocenters. The van der Waals surface area contributed by atoms with Gasteiger partial charge >= 0.3 is 11.7 Å². The summed E-state index contributed by atoms with van der Waals surface area (Å²) in [5.74, 6) is -0.860. The van der Waals surface area contributed by atoms with Crippen molar-refractivity contribution in [1.82, 2.24) is 5.43 Å². The first-order chi connectivity index (χ1) is 16.8. The summed E-state index contributed by atoms with van der Waals surface area (Å²) in [5.41, 5.74) is 2.80. The number of carbonyl (C=O) groups excluding carboxylic acids is 2. The Balaban J connectivity index is 1.63. The van der Waals surface area contributed by atoms with Crippen LogP contribution >= 0.6 is 11.6 Å². The van der Waals surface area contributed by atoms with Gasteiger partial charge < -0.3 is 14.2 Å². The van der Waals surface area contributed by atoms with E-state index in [1.54, 1.807) is 42.5 Å². The average molecular weight is 498 g/mol. The Hall–Kier alpha value is -4.44. The van der Waals surface area contributed by atoms with E-state index in [-0.39, 0.29) is 33.5 Å². The number of hydrazone groups is 1. The van der Waals surface area contributed by atoms with Crippen LogP contribution in [0.15, 0.2) is 71.8 Å². The maximum atomic E-state index is 12.4. The number of nitro benzene ring substituents is 1. The van der Waals surface area contributed by atoms with E-state index in [9.17, 15) is 19.7 Å².